The van der Waals surface area contributed by atoms with Gasteiger partial charge in [0.25, 0.3) is 11.8 Å². The summed E-state index contributed by atoms with van der Waals surface area (Å²) in [5.74, 6) is -1.96. The van der Waals surface area contributed by atoms with E-state index in [0.29, 0.717) is 10.6 Å². The van der Waals surface area contributed by atoms with Crippen LogP contribution in [-0.2, 0) is 14.3 Å². The molecule has 0 bridgehead atoms. The van der Waals surface area contributed by atoms with Crippen LogP contribution in [0.25, 0.3) is 0 Å². The van der Waals surface area contributed by atoms with Gasteiger partial charge >= 0.3 is 12.0 Å². The molecule has 0 aliphatic heterocycles. The van der Waals surface area contributed by atoms with Crippen LogP contribution in [0.3, 0.4) is 0 Å². The van der Waals surface area contributed by atoms with Crippen molar-refractivity contribution in [1.82, 2.24) is 10.6 Å². The number of imide groups is 1. The zero-order valence-electron chi connectivity index (χ0n) is 15.8. The zero-order valence-corrected chi connectivity index (χ0v) is 16.6. The van der Waals surface area contributed by atoms with Crippen LogP contribution in [0.1, 0.15) is 25.7 Å². The molecule has 1 heterocycles. The molecule has 9 heteroatoms. The standard InChI is InChI=1S/C19H21N3O5S/c1-11-4-6-14(12(2)8-11)21-19(26)22-16(23)10-27-17(24)9-20-18(25)15-7-5-13(3)28-15/h4-8H,9-10H2,1-3H3,(H,20,25)(H2,21,22,23,26). The molecule has 2 aromatic rings. The van der Waals surface area contributed by atoms with Gasteiger partial charge < -0.3 is 15.4 Å². The van der Waals surface area contributed by atoms with E-state index in [-0.39, 0.29) is 6.54 Å². The Balaban J connectivity index is 1.70. The molecule has 0 spiro atoms. The summed E-state index contributed by atoms with van der Waals surface area (Å²) >= 11 is 1.30. The van der Waals surface area contributed by atoms with Crippen molar-refractivity contribution < 1.29 is 23.9 Å². The molecular formula is C19H21N3O5S. The van der Waals surface area contributed by atoms with Crippen LogP contribution in [0.2, 0.25) is 0 Å². The summed E-state index contributed by atoms with van der Waals surface area (Å²) < 4.78 is 4.74. The van der Waals surface area contributed by atoms with Gasteiger partial charge in [0, 0.05) is 10.6 Å². The summed E-state index contributed by atoms with van der Waals surface area (Å²) in [7, 11) is 0. The van der Waals surface area contributed by atoms with Crippen LogP contribution in [0, 0.1) is 20.8 Å². The minimum Gasteiger partial charge on any atom is -0.454 e. The largest absolute Gasteiger partial charge is 0.454 e. The number of aryl methyl sites for hydroxylation is 3. The lowest BCUT2D eigenvalue weighted by atomic mass is 10.1. The Morgan fingerprint density at radius 2 is 1.79 bits per heavy atom. The monoisotopic (exact) mass is 403 g/mol. The van der Waals surface area contributed by atoms with Crippen LogP contribution in [0.15, 0.2) is 30.3 Å². The number of anilines is 1. The maximum Gasteiger partial charge on any atom is 0.325 e. The number of urea groups is 1. The lowest BCUT2D eigenvalue weighted by Crippen LogP contribution is -2.38. The maximum absolute atomic E-state index is 11.8. The van der Waals surface area contributed by atoms with Crippen molar-refractivity contribution in [2.75, 3.05) is 18.5 Å². The number of benzene rings is 1. The molecule has 0 saturated heterocycles. The van der Waals surface area contributed by atoms with Crippen molar-refractivity contribution in [3.05, 3.63) is 51.2 Å². The average molecular weight is 403 g/mol. The number of hydrogen-bond acceptors (Lipinski definition) is 6. The number of carbonyl (C=O) groups excluding carboxylic acids is 4. The maximum atomic E-state index is 11.8. The molecule has 4 amide bonds. The van der Waals surface area contributed by atoms with E-state index in [9.17, 15) is 19.2 Å². The summed E-state index contributed by atoms with van der Waals surface area (Å²) in [6, 6.07) is 8.18. The highest BCUT2D eigenvalue weighted by atomic mass is 32.1. The van der Waals surface area contributed by atoms with Gasteiger partial charge in [0.2, 0.25) is 0 Å². The molecule has 0 radical (unpaired) electrons. The number of ether oxygens (including phenoxy) is 1. The second-order valence-electron chi connectivity index (χ2n) is 6.07. The number of thiophene rings is 1. The molecule has 148 valence electrons. The van der Waals surface area contributed by atoms with E-state index in [1.165, 1.54) is 11.3 Å². The van der Waals surface area contributed by atoms with Crippen molar-refractivity contribution in [2.45, 2.75) is 20.8 Å². The Morgan fingerprint density at radius 1 is 1.04 bits per heavy atom. The zero-order chi connectivity index (χ0) is 20.7. The SMILES string of the molecule is Cc1ccc(NC(=O)NC(=O)COC(=O)CNC(=O)c2ccc(C)s2)c(C)c1. The van der Waals surface area contributed by atoms with Crippen molar-refractivity contribution in [3.8, 4) is 0 Å². The lowest BCUT2D eigenvalue weighted by Gasteiger charge is -2.10. The van der Waals surface area contributed by atoms with Crippen molar-refractivity contribution in [1.29, 1.82) is 0 Å². The summed E-state index contributed by atoms with van der Waals surface area (Å²) in [4.78, 5) is 48.5. The average Bonchev–Trinajstić information content (AvgIpc) is 3.06. The third kappa shape index (κ3) is 6.51. The van der Waals surface area contributed by atoms with E-state index in [1.807, 2.05) is 32.9 Å². The number of carbonyl (C=O) groups is 4. The molecule has 0 aliphatic carbocycles. The molecule has 1 aromatic heterocycles. The Hall–Kier alpha value is -3.20. The number of hydrogen-bond donors (Lipinski definition) is 3. The fourth-order valence-corrected chi connectivity index (χ4v) is 3.05. The van der Waals surface area contributed by atoms with Gasteiger partial charge in [0.05, 0.1) is 4.88 Å². The quantitative estimate of drug-likeness (QED) is 0.641. The highest BCUT2D eigenvalue weighted by Crippen LogP contribution is 2.16. The topological polar surface area (TPSA) is 114 Å². The van der Waals surface area contributed by atoms with Gasteiger partial charge in [-0.25, -0.2) is 4.79 Å². The van der Waals surface area contributed by atoms with E-state index in [4.69, 9.17) is 4.74 Å². The second-order valence-corrected chi connectivity index (χ2v) is 7.36. The predicted octanol–water partition coefficient (Wildman–Crippen LogP) is 2.29. The van der Waals surface area contributed by atoms with Crippen LogP contribution in [0.5, 0.6) is 0 Å². The molecule has 2 rings (SSSR count). The van der Waals surface area contributed by atoms with Crippen LogP contribution in [0.4, 0.5) is 10.5 Å². The van der Waals surface area contributed by atoms with E-state index in [0.717, 1.165) is 16.0 Å². The fourth-order valence-electron chi connectivity index (χ4n) is 2.26. The normalized spacial score (nSPS) is 10.1. The third-order valence-electron chi connectivity index (χ3n) is 3.60. The van der Waals surface area contributed by atoms with E-state index in [1.54, 1.807) is 18.2 Å². The molecular weight excluding hydrogens is 382 g/mol. The lowest BCUT2D eigenvalue weighted by molar-refractivity contribution is -0.147. The van der Waals surface area contributed by atoms with Crippen molar-refractivity contribution in [3.63, 3.8) is 0 Å². The molecule has 28 heavy (non-hydrogen) atoms. The highest BCUT2D eigenvalue weighted by molar-refractivity contribution is 7.13. The van der Waals surface area contributed by atoms with E-state index in [2.05, 4.69) is 16.0 Å². The van der Waals surface area contributed by atoms with Gasteiger partial charge in [-0.3, -0.25) is 19.7 Å². The minimum atomic E-state index is -0.786. The summed E-state index contributed by atoms with van der Waals surface area (Å²) in [5, 5.41) is 7.02. The molecule has 1 aromatic carbocycles. The van der Waals surface area contributed by atoms with Gasteiger partial charge in [-0.1, -0.05) is 17.7 Å². The van der Waals surface area contributed by atoms with E-state index >= 15 is 0 Å². The Bertz CT molecular complexity index is 907. The summed E-state index contributed by atoms with van der Waals surface area (Å²) in [6.45, 7) is 4.62. The summed E-state index contributed by atoms with van der Waals surface area (Å²) in [5.41, 5.74) is 2.47. The predicted molar refractivity (Wildman–Crippen MR) is 105 cm³/mol. The third-order valence-corrected chi connectivity index (χ3v) is 4.60. The van der Waals surface area contributed by atoms with Crippen LogP contribution < -0.4 is 16.0 Å². The van der Waals surface area contributed by atoms with Gasteiger partial charge in [-0.05, 0) is 44.5 Å². The first kappa shape index (κ1) is 21.1. The van der Waals surface area contributed by atoms with Crippen molar-refractivity contribution in [2.24, 2.45) is 0 Å². The molecule has 0 atom stereocenters. The summed E-state index contributed by atoms with van der Waals surface area (Å²) in [6.07, 6.45) is 0. The van der Waals surface area contributed by atoms with Gasteiger partial charge in [-0.15, -0.1) is 11.3 Å². The Kier molecular flexibility index (Phi) is 7.28. The minimum absolute atomic E-state index is 0.377. The molecule has 8 nitrogen and oxygen atoms in total. The van der Waals surface area contributed by atoms with Gasteiger partial charge in [0.1, 0.15) is 6.54 Å². The highest BCUT2D eigenvalue weighted by Gasteiger charge is 2.14. The molecule has 3 N–H and O–H groups in total. The number of esters is 1. The van der Waals surface area contributed by atoms with Crippen molar-refractivity contribution >= 4 is 40.8 Å². The number of amides is 4. The van der Waals surface area contributed by atoms with Crippen LogP contribution in [-0.4, -0.2) is 37.0 Å². The van der Waals surface area contributed by atoms with Crippen LogP contribution >= 0.6 is 11.3 Å². The van der Waals surface area contributed by atoms with Gasteiger partial charge in [-0.2, -0.15) is 0 Å². The molecule has 0 unspecified atom stereocenters. The molecule has 0 fully saturated rings. The second kappa shape index (κ2) is 9.65. The fraction of sp³-hybridized carbons (Fsp3) is 0.263. The number of nitrogens with one attached hydrogen (secondary N) is 3. The first-order valence-corrected chi connectivity index (χ1v) is 9.24. The Labute approximate surface area is 166 Å². The first-order valence-electron chi connectivity index (χ1n) is 8.43. The smallest absolute Gasteiger partial charge is 0.325 e. The van der Waals surface area contributed by atoms with Gasteiger partial charge in [0.15, 0.2) is 6.61 Å². The van der Waals surface area contributed by atoms with E-state index < -0.39 is 30.4 Å². The Morgan fingerprint density at radius 3 is 2.43 bits per heavy atom. The number of rotatable bonds is 6. The first-order chi connectivity index (χ1) is 13.2. The molecule has 0 aliphatic rings. The molecule has 0 saturated carbocycles.